The van der Waals surface area contributed by atoms with E-state index in [0.717, 1.165) is 28.1 Å². The normalized spacial score (nSPS) is 14.0. The third-order valence-electron chi connectivity index (χ3n) is 3.48. The fraction of sp³-hybridized carbons (Fsp3) is 0.333. The molecule has 0 unspecified atom stereocenters. The molecule has 1 aromatic heterocycles. The topological polar surface area (TPSA) is 87.2 Å². The van der Waals surface area contributed by atoms with Crippen molar-refractivity contribution in [3.8, 4) is 0 Å². The summed E-state index contributed by atoms with van der Waals surface area (Å²) in [4.78, 5) is 25.5. The Kier molecular flexibility index (Phi) is 5.31. The first-order valence-electron chi connectivity index (χ1n) is 7.50. The molecule has 1 aromatic carbocycles. The molecular weight excluding hydrogens is 346 g/mol. The summed E-state index contributed by atoms with van der Waals surface area (Å²) in [7, 11) is 1.78. The zero-order chi connectivity index (χ0) is 16.9. The predicted molar refractivity (Wildman–Crippen MR) is 96.8 cm³/mol. The van der Waals surface area contributed by atoms with Crippen molar-refractivity contribution in [2.45, 2.75) is 17.2 Å². The van der Waals surface area contributed by atoms with Gasteiger partial charge in [-0.15, -0.1) is 10.2 Å². The second-order valence-electron chi connectivity index (χ2n) is 5.16. The minimum absolute atomic E-state index is 0.105. The second kappa shape index (κ2) is 7.63. The van der Waals surface area contributed by atoms with Crippen LogP contribution in [0.5, 0.6) is 0 Å². The van der Waals surface area contributed by atoms with Crippen LogP contribution >= 0.6 is 23.1 Å². The summed E-state index contributed by atoms with van der Waals surface area (Å²) in [6.07, 6.45) is 1.51. The van der Waals surface area contributed by atoms with Gasteiger partial charge in [0.05, 0.1) is 5.75 Å². The molecule has 0 spiro atoms. The Morgan fingerprint density at radius 1 is 1.33 bits per heavy atom. The number of nitrogens with one attached hydrogen (secondary N) is 2. The summed E-state index contributed by atoms with van der Waals surface area (Å²) in [5.74, 6) is 0.317. The first-order chi connectivity index (χ1) is 11.7. The number of benzene rings is 1. The summed E-state index contributed by atoms with van der Waals surface area (Å²) in [6, 6.07) is 7.34. The van der Waals surface area contributed by atoms with E-state index in [1.165, 1.54) is 23.1 Å². The van der Waals surface area contributed by atoms with Crippen LogP contribution in [0.4, 0.5) is 16.5 Å². The molecule has 0 bridgehead atoms. The molecule has 1 aliphatic rings. The molecule has 7 nitrogen and oxygen atoms in total. The van der Waals surface area contributed by atoms with Crippen molar-refractivity contribution >= 4 is 51.4 Å². The molecule has 9 heteroatoms. The second-order valence-corrected chi connectivity index (χ2v) is 7.36. The third-order valence-corrected chi connectivity index (χ3v) is 5.56. The Bertz CT molecular complexity index is 732. The number of nitrogens with zero attached hydrogens (tertiary/aromatic N) is 3. The largest absolute Gasteiger partial charge is 0.363 e. The molecule has 126 valence electrons. The molecular formula is C15H17N5O2S2. The van der Waals surface area contributed by atoms with Crippen molar-refractivity contribution in [2.75, 3.05) is 34.9 Å². The highest BCUT2D eigenvalue weighted by molar-refractivity contribution is 8.01. The fourth-order valence-electron chi connectivity index (χ4n) is 2.34. The van der Waals surface area contributed by atoms with Crippen molar-refractivity contribution in [2.24, 2.45) is 0 Å². The van der Waals surface area contributed by atoms with Gasteiger partial charge in [-0.3, -0.25) is 9.59 Å². The first-order valence-corrected chi connectivity index (χ1v) is 9.30. The lowest BCUT2D eigenvalue weighted by molar-refractivity contribution is -0.117. The van der Waals surface area contributed by atoms with Gasteiger partial charge in [-0.1, -0.05) is 23.1 Å². The number of hydrogen-bond acceptors (Lipinski definition) is 7. The van der Waals surface area contributed by atoms with E-state index in [0.29, 0.717) is 12.1 Å². The number of thioether (sulfide) groups is 1. The number of amides is 2. The highest BCUT2D eigenvalue weighted by Crippen LogP contribution is 2.26. The number of rotatable bonds is 6. The number of carbonyl (C=O) groups excluding carboxylic acids is 2. The number of carbonyl (C=O) groups is 2. The molecule has 1 saturated heterocycles. The average molecular weight is 363 g/mol. The molecule has 1 aliphatic heterocycles. The Hall–Kier alpha value is -2.13. The molecule has 0 radical (unpaired) electrons. The van der Waals surface area contributed by atoms with E-state index >= 15 is 0 Å². The maximum Gasteiger partial charge on any atom is 0.234 e. The van der Waals surface area contributed by atoms with E-state index in [9.17, 15) is 9.59 Å². The molecule has 2 heterocycles. The zero-order valence-electron chi connectivity index (χ0n) is 13.1. The molecule has 2 amide bonds. The summed E-state index contributed by atoms with van der Waals surface area (Å²) in [5, 5.41) is 14.4. The molecule has 3 rings (SSSR count). The summed E-state index contributed by atoms with van der Waals surface area (Å²) in [6.45, 7) is 0.762. The van der Waals surface area contributed by atoms with Crippen LogP contribution in [0.25, 0.3) is 0 Å². The van der Waals surface area contributed by atoms with Gasteiger partial charge in [0.2, 0.25) is 16.9 Å². The monoisotopic (exact) mass is 363 g/mol. The van der Waals surface area contributed by atoms with Gasteiger partial charge in [0.25, 0.3) is 0 Å². The lowest BCUT2D eigenvalue weighted by Crippen LogP contribution is -2.23. The molecule has 0 aliphatic carbocycles. The van der Waals surface area contributed by atoms with Gasteiger partial charge >= 0.3 is 0 Å². The fourth-order valence-corrected chi connectivity index (χ4v) is 3.84. The standard InChI is InChI=1S/C15H17N5O2S2/c1-16-14-18-19-15(24-14)23-9-12(21)17-10-4-6-11(7-5-10)20-8-2-3-13(20)22/h4-7H,2-3,8-9H2,1H3,(H,16,18)(H,17,21). The van der Waals surface area contributed by atoms with Gasteiger partial charge in [-0.25, -0.2) is 0 Å². The van der Waals surface area contributed by atoms with Crippen LogP contribution in [-0.4, -0.2) is 41.4 Å². The first kappa shape index (κ1) is 16.7. The van der Waals surface area contributed by atoms with Crippen molar-refractivity contribution in [1.29, 1.82) is 0 Å². The van der Waals surface area contributed by atoms with Crippen LogP contribution in [0.2, 0.25) is 0 Å². The van der Waals surface area contributed by atoms with Gasteiger partial charge in [0.1, 0.15) is 0 Å². The zero-order valence-corrected chi connectivity index (χ0v) is 14.7. The van der Waals surface area contributed by atoms with E-state index in [2.05, 4.69) is 20.8 Å². The van der Waals surface area contributed by atoms with Crippen molar-refractivity contribution in [1.82, 2.24) is 10.2 Å². The van der Waals surface area contributed by atoms with Crippen LogP contribution in [-0.2, 0) is 9.59 Å². The Balaban J connectivity index is 1.51. The molecule has 2 N–H and O–H groups in total. The van der Waals surface area contributed by atoms with Crippen LogP contribution in [0.3, 0.4) is 0 Å². The number of anilines is 3. The third kappa shape index (κ3) is 4.04. The van der Waals surface area contributed by atoms with Gasteiger partial charge in [-0.05, 0) is 30.7 Å². The Labute approximate surface area is 147 Å². The predicted octanol–water partition coefficient (Wildman–Crippen LogP) is 2.44. The van der Waals surface area contributed by atoms with Gasteiger partial charge in [0.15, 0.2) is 4.34 Å². The van der Waals surface area contributed by atoms with Crippen molar-refractivity contribution in [3.63, 3.8) is 0 Å². The van der Waals surface area contributed by atoms with Crippen molar-refractivity contribution < 1.29 is 9.59 Å². The molecule has 1 fully saturated rings. The quantitative estimate of drug-likeness (QED) is 0.767. The average Bonchev–Trinajstić information content (AvgIpc) is 3.22. The van der Waals surface area contributed by atoms with Crippen LogP contribution in [0.15, 0.2) is 28.6 Å². The number of aromatic nitrogens is 2. The smallest absolute Gasteiger partial charge is 0.234 e. The lowest BCUT2D eigenvalue weighted by Gasteiger charge is -2.16. The summed E-state index contributed by atoms with van der Waals surface area (Å²) >= 11 is 2.76. The highest BCUT2D eigenvalue weighted by atomic mass is 32.2. The van der Waals surface area contributed by atoms with E-state index in [1.54, 1.807) is 11.9 Å². The molecule has 0 saturated carbocycles. The lowest BCUT2D eigenvalue weighted by atomic mass is 10.2. The molecule has 24 heavy (non-hydrogen) atoms. The van der Waals surface area contributed by atoms with Gasteiger partial charge in [0, 0.05) is 31.4 Å². The van der Waals surface area contributed by atoms with Gasteiger partial charge in [-0.2, -0.15) is 0 Å². The SMILES string of the molecule is CNc1nnc(SCC(=O)Nc2ccc(N3CCCC3=O)cc2)s1. The van der Waals surface area contributed by atoms with E-state index in [4.69, 9.17) is 0 Å². The van der Waals surface area contributed by atoms with Crippen LogP contribution in [0.1, 0.15) is 12.8 Å². The maximum atomic E-state index is 12.0. The minimum atomic E-state index is -0.105. The molecule has 0 atom stereocenters. The van der Waals surface area contributed by atoms with E-state index < -0.39 is 0 Å². The van der Waals surface area contributed by atoms with Crippen LogP contribution < -0.4 is 15.5 Å². The van der Waals surface area contributed by atoms with Crippen LogP contribution in [0, 0.1) is 0 Å². The van der Waals surface area contributed by atoms with Gasteiger partial charge < -0.3 is 15.5 Å². The highest BCUT2D eigenvalue weighted by Gasteiger charge is 2.21. The van der Waals surface area contributed by atoms with E-state index in [1.807, 2.05) is 24.3 Å². The molecule has 2 aromatic rings. The maximum absolute atomic E-state index is 12.0. The minimum Gasteiger partial charge on any atom is -0.363 e. The Morgan fingerprint density at radius 3 is 2.75 bits per heavy atom. The Morgan fingerprint density at radius 2 is 2.12 bits per heavy atom. The van der Waals surface area contributed by atoms with Crippen molar-refractivity contribution in [3.05, 3.63) is 24.3 Å². The summed E-state index contributed by atoms with van der Waals surface area (Å²) in [5.41, 5.74) is 1.59. The van der Waals surface area contributed by atoms with E-state index in [-0.39, 0.29) is 17.6 Å². The summed E-state index contributed by atoms with van der Waals surface area (Å²) < 4.78 is 0.748. The number of hydrogen-bond donors (Lipinski definition) is 2.